The number of hydrazine groups is 1. The summed E-state index contributed by atoms with van der Waals surface area (Å²) in [6.07, 6.45) is 3.89. The largest absolute Gasteiger partial charge is 0.477 e. The molecule has 0 spiro atoms. The van der Waals surface area contributed by atoms with E-state index in [4.69, 9.17) is 10.6 Å². The van der Waals surface area contributed by atoms with Crippen LogP contribution in [0.15, 0.2) is 6.20 Å². The number of rotatable bonds is 6. The first-order valence-electron chi connectivity index (χ1n) is 5.56. The maximum atomic E-state index is 5.58. The number of nitrogens with one attached hydrogen (secondary N) is 1. The Morgan fingerprint density at radius 3 is 2.88 bits per heavy atom. The lowest BCUT2D eigenvalue weighted by Gasteiger charge is -2.09. The summed E-state index contributed by atoms with van der Waals surface area (Å²) in [5, 5.41) is 0. The standard InChI is InChI=1S/C11H20N4O/c1-8(2)5-4-6-16-10-9(3)7-13-11(14-10)15-12/h7-8H,4-6,12H2,1-3H3,(H,13,14,15). The Hall–Kier alpha value is -1.36. The van der Waals surface area contributed by atoms with Crippen LogP contribution < -0.4 is 16.0 Å². The molecule has 16 heavy (non-hydrogen) atoms. The molecule has 0 amide bonds. The lowest BCUT2D eigenvalue weighted by Crippen LogP contribution is -2.12. The van der Waals surface area contributed by atoms with Gasteiger partial charge in [-0.1, -0.05) is 13.8 Å². The van der Waals surface area contributed by atoms with Crippen molar-refractivity contribution in [1.82, 2.24) is 9.97 Å². The molecule has 0 atom stereocenters. The summed E-state index contributed by atoms with van der Waals surface area (Å²) >= 11 is 0. The average molecular weight is 224 g/mol. The normalized spacial score (nSPS) is 10.6. The molecule has 0 radical (unpaired) electrons. The second kappa shape index (κ2) is 6.27. The molecule has 0 unspecified atom stereocenters. The van der Waals surface area contributed by atoms with Crippen molar-refractivity contribution in [1.29, 1.82) is 0 Å². The SMILES string of the molecule is Cc1cnc(NN)nc1OCCCC(C)C. The number of hydrogen-bond donors (Lipinski definition) is 2. The van der Waals surface area contributed by atoms with Gasteiger partial charge in [0.05, 0.1) is 6.61 Å². The molecule has 1 heterocycles. The summed E-state index contributed by atoms with van der Waals surface area (Å²) in [5.74, 6) is 6.92. The second-order valence-corrected chi connectivity index (χ2v) is 4.21. The van der Waals surface area contributed by atoms with Gasteiger partial charge in [0.2, 0.25) is 11.8 Å². The Morgan fingerprint density at radius 1 is 1.50 bits per heavy atom. The van der Waals surface area contributed by atoms with Gasteiger partial charge in [-0.3, -0.25) is 5.43 Å². The number of hydrogen-bond acceptors (Lipinski definition) is 5. The van der Waals surface area contributed by atoms with Crippen molar-refractivity contribution in [2.45, 2.75) is 33.6 Å². The van der Waals surface area contributed by atoms with Gasteiger partial charge < -0.3 is 4.74 Å². The van der Waals surface area contributed by atoms with E-state index in [1.54, 1.807) is 6.20 Å². The predicted octanol–water partition coefficient (Wildman–Crippen LogP) is 1.89. The molecule has 1 aromatic heterocycles. The first-order valence-corrected chi connectivity index (χ1v) is 5.56. The molecule has 0 aliphatic heterocycles. The topological polar surface area (TPSA) is 73.1 Å². The minimum absolute atomic E-state index is 0.379. The number of nitrogen functional groups attached to an aromatic ring is 1. The molecule has 0 aliphatic carbocycles. The summed E-state index contributed by atoms with van der Waals surface area (Å²) in [4.78, 5) is 8.12. The van der Waals surface area contributed by atoms with E-state index >= 15 is 0 Å². The molecule has 0 aliphatic rings. The highest BCUT2D eigenvalue weighted by molar-refractivity contribution is 5.31. The number of aromatic nitrogens is 2. The van der Waals surface area contributed by atoms with Crippen LogP contribution in [0.2, 0.25) is 0 Å². The van der Waals surface area contributed by atoms with Crippen LogP contribution >= 0.6 is 0 Å². The van der Waals surface area contributed by atoms with Crippen LogP contribution in [0.1, 0.15) is 32.3 Å². The van der Waals surface area contributed by atoms with E-state index in [1.165, 1.54) is 0 Å². The number of anilines is 1. The lowest BCUT2D eigenvalue weighted by atomic mass is 10.1. The van der Waals surface area contributed by atoms with Crippen LogP contribution in [0.3, 0.4) is 0 Å². The number of ether oxygens (including phenoxy) is 1. The molecular formula is C11H20N4O. The second-order valence-electron chi connectivity index (χ2n) is 4.21. The third kappa shape index (κ3) is 4.02. The fourth-order valence-corrected chi connectivity index (χ4v) is 1.30. The Bertz CT molecular complexity index is 328. The average Bonchev–Trinajstić information content (AvgIpc) is 2.26. The van der Waals surface area contributed by atoms with Gasteiger partial charge in [0, 0.05) is 11.8 Å². The highest BCUT2D eigenvalue weighted by atomic mass is 16.5. The van der Waals surface area contributed by atoms with Crippen molar-refractivity contribution in [3.8, 4) is 5.88 Å². The van der Waals surface area contributed by atoms with Gasteiger partial charge in [-0.15, -0.1) is 0 Å². The molecule has 0 saturated carbocycles. The quantitative estimate of drug-likeness (QED) is 0.438. The molecule has 0 bridgehead atoms. The van der Waals surface area contributed by atoms with Gasteiger partial charge >= 0.3 is 0 Å². The van der Waals surface area contributed by atoms with Crippen LogP contribution in [-0.2, 0) is 0 Å². The maximum Gasteiger partial charge on any atom is 0.240 e. The molecular weight excluding hydrogens is 204 g/mol. The first-order chi connectivity index (χ1) is 7.63. The van der Waals surface area contributed by atoms with Crippen LogP contribution in [0.25, 0.3) is 0 Å². The molecule has 0 fully saturated rings. The molecule has 0 aromatic carbocycles. The van der Waals surface area contributed by atoms with Gasteiger partial charge in [0.1, 0.15) is 0 Å². The summed E-state index contributed by atoms with van der Waals surface area (Å²) in [6.45, 7) is 7.00. The van der Waals surface area contributed by atoms with Crippen molar-refractivity contribution in [2.24, 2.45) is 11.8 Å². The van der Waals surface area contributed by atoms with E-state index in [9.17, 15) is 0 Å². The third-order valence-electron chi connectivity index (χ3n) is 2.22. The molecule has 3 N–H and O–H groups in total. The monoisotopic (exact) mass is 224 g/mol. The van der Waals surface area contributed by atoms with Crippen molar-refractivity contribution >= 4 is 5.95 Å². The highest BCUT2D eigenvalue weighted by Gasteiger charge is 2.04. The lowest BCUT2D eigenvalue weighted by molar-refractivity contribution is 0.285. The van der Waals surface area contributed by atoms with Gasteiger partial charge in [0.25, 0.3) is 0 Å². The van der Waals surface area contributed by atoms with Crippen LogP contribution in [0.5, 0.6) is 5.88 Å². The van der Waals surface area contributed by atoms with E-state index in [1.807, 2.05) is 6.92 Å². The molecule has 5 heteroatoms. The van der Waals surface area contributed by atoms with Crippen LogP contribution in [-0.4, -0.2) is 16.6 Å². The Kier molecular flexibility index (Phi) is 4.98. The van der Waals surface area contributed by atoms with E-state index in [-0.39, 0.29) is 0 Å². The smallest absolute Gasteiger partial charge is 0.240 e. The maximum absolute atomic E-state index is 5.58. The molecule has 5 nitrogen and oxygen atoms in total. The van der Waals surface area contributed by atoms with E-state index in [2.05, 4.69) is 29.2 Å². The van der Waals surface area contributed by atoms with E-state index in [0.29, 0.717) is 24.4 Å². The van der Waals surface area contributed by atoms with E-state index < -0.39 is 0 Å². The summed E-state index contributed by atoms with van der Waals surface area (Å²) in [7, 11) is 0. The van der Waals surface area contributed by atoms with Gasteiger partial charge in [0.15, 0.2) is 0 Å². The van der Waals surface area contributed by atoms with E-state index in [0.717, 1.165) is 18.4 Å². The fraction of sp³-hybridized carbons (Fsp3) is 0.636. The van der Waals surface area contributed by atoms with Gasteiger partial charge in [-0.05, 0) is 25.7 Å². The predicted molar refractivity (Wildman–Crippen MR) is 64.1 cm³/mol. The van der Waals surface area contributed by atoms with Crippen LogP contribution in [0, 0.1) is 12.8 Å². The summed E-state index contributed by atoms with van der Waals surface area (Å²) < 4.78 is 5.58. The zero-order valence-corrected chi connectivity index (χ0v) is 10.2. The van der Waals surface area contributed by atoms with Crippen molar-refractivity contribution in [3.63, 3.8) is 0 Å². The minimum Gasteiger partial charge on any atom is -0.477 e. The Morgan fingerprint density at radius 2 is 2.25 bits per heavy atom. The van der Waals surface area contributed by atoms with Crippen molar-refractivity contribution in [3.05, 3.63) is 11.8 Å². The van der Waals surface area contributed by atoms with Crippen molar-refractivity contribution in [2.75, 3.05) is 12.0 Å². The summed E-state index contributed by atoms with van der Waals surface area (Å²) in [6, 6.07) is 0. The van der Waals surface area contributed by atoms with Crippen molar-refractivity contribution < 1.29 is 4.74 Å². The Labute approximate surface area is 96.4 Å². The summed E-state index contributed by atoms with van der Waals surface area (Å²) in [5.41, 5.74) is 3.32. The van der Waals surface area contributed by atoms with Crippen LogP contribution in [0.4, 0.5) is 5.95 Å². The third-order valence-corrected chi connectivity index (χ3v) is 2.22. The zero-order chi connectivity index (χ0) is 12.0. The molecule has 0 saturated heterocycles. The van der Waals surface area contributed by atoms with Gasteiger partial charge in [-0.25, -0.2) is 10.8 Å². The fourth-order valence-electron chi connectivity index (χ4n) is 1.30. The minimum atomic E-state index is 0.379. The number of nitrogens with two attached hydrogens (primary N) is 1. The number of nitrogens with zero attached hydrogens (tertiary/aromatic N) is 2. The highest BCUT2D eigenvalue weighted by Crippen LogP contribution is 2.15. The zero-order valence-electron chi connectivity index (χ0n) is 10.2. The molecule has 1 rings (SSSR count). The number of aryl methyl sites for hydroxylation is 1. The molecule has 90 valence electrons. The first kappa shape index (κ1) is 12.7. The molecule has 1 aromatic rings. The Balaban J connectivity index is 2.46. The van der Waals surface area contributed by atoms with Gasteiger partial charge in [-0.2, -0.15) is 4.98 Å².